The fraction of sp³-hybridized carbons (Fsp3) is 0.750. The van der Waals surface area contributed by atoms with Gasteiger partial charge in [-0.1, -0.05) is 6.92 Å². The lowest BCUT2D eigenvalue weighted by molar-refractivity contribution is -0.141. The molecule has 0 bridgehead atoms. The number of carbonyl (C=O) groups excluding carboxylic acids is 1. The summed E-state index contributed by atoms with van der Waals surface area (Å²) in [5.41, 5.74) is 0. The van der Waals surface area contributed by atoms with E-state index >= 15 is 0 Å². The molecule has 1 amide bonds. The van der Waals surface area contributed by atoms with Crippen LogP contribution in [-0.2, 0) is 9.59 Å². The number of amides is 1. The zero-order valence-electron chi connectivity index (χ0n) is 9.12. The number of hydrogen-bond donors (Lipinski definition) is 1. The molecule has 1 aliphatic heterocycles. The van der Waals surface area contributed by atoms with E-state index in [0.717, 1.165) is 6.42 Å². The topological polar surface area (TPSA) is 57.6 Å². The van der Waals surface area contributed by atoms with Gasteiger partial charge in [0.25, 0.3) is 0 Å². The highest BCUT2D eigenvalue weighted by Crippen LogP contribution is 2.17. The molecular formula is C8H15NO3. The molecule has 4 heteroatoms. The van der Waals surface area contributed by atoms with Crippen LogP contribution >= 0.6 is 0 Å². The largest absolute Gasteiger partial charge is 0.481 e. The number of likely N-dealkylation sites (tertiary alicyclic amines) is 1. The Balaban J connectivity index is 0.000000791. The monoisotopic (exact) mass is 175 g/mol. The number of carboxylic acids is 1. The SMILES string of the molecule is CCCN1CC(C(=O)O)CC1=O.[2H][2H]. The summed E-state index contributed by atoms with van der Waals surface area (Å²) in [5.74, 6) is -1.37. The molecule has 0 radical (unpaired) electrons. The fourth-order valence-corrected chi connectivity index (χ4v) is 1.42. The lowest BCUT2D eigenvalue weighted by Gasteiger charge is -2.13. The van der Waals surface area contributed by atoms with Crippen LogP contribution in [0.1, 0.15) is 22.7 Å². The molecule has 0 aromatic rings. The van der Waals surface area contributed by atoms with Crippen LogP contribution in [0.5, 0.6) is 0 Å². The van der Waals surface area contributed by atoms with Crippen molar-refractivity contribution in [3.05, 3.63) is 0 Å². The zero-order valence-corrected chi connectivity index (χ0v) is 7.12. The van der Waals surface area contributed by atoms with Gasteiger partial charge in [0, 0.05) is 22.5 Å². The number of rotatable bonds is 3. The first-order valence-electron chi connectivity index (χ1n) is 5.15. The number of carbonyl (C=O) groups is 2. The van der Waals surface area contributed by atoms with Gasteiger partial charge in [-0.2, -0.15) is 0 Å². The minimum atomic E-state index is -0.859. The van der Waals surface area contributed by atoms with E-state index < -0.39 is 11.9 Å². The van der Waals surface area contributed by atoms with Crippen LogP contribution < -0.4 is 0 Å². The average Bonchev–Trinajstić information content (AvgIpc) is 2.52. The third-order valence-corrected chi connectivity index (χ3v) is 2.06. The highest BCUT2D eigenvalue weighted by atomic mass is 16.4. The summed E-state index contributed by atoms with van der Waals surface area (Å²) in [6.07, 6.45) is 1.06. The molecule has 0 aliphatic carbocycles. The number of hydrogen-bond acceptors (Lipinski definition) is 2. The first-order chi connectivity index (χ1) is 6.65. The highest BCUT2D eigenvalue weighted by Gasteiger charge is 2.33. The van der Waals surface area contributed by atoms with Gasteiger partial charge in [-0.25, -0.2) is 0 Å². The van der Waals surface area contributed by atoms with Gasteiger partial charge in [-0.3, -0.25) is 9.59 Å². The predicted octanol–water partition coefficient (Wildman–Crippen LogP) is 0.575. The summed E-state index contributed by atoms with van der Waals surface area (Å²) in [7, 11) is 0. The first-order valence-corrected chi connectivity index (χ1v) is 4.15. The van der Waals surface area contributed by atoms with Crippen LogP contribution in [0, 0.1) is 5.92 Å². The van der Waals surface area contributed by atoms with Crippen molar-refractivity contribution in [2.24, 2.45) is 5.92 Å². The second-order valence-electron chi connectivity index (χ2n) is 3.08. The fourth-order valence-electron chi connectivity index (χ4n) is 1.42. The molecule has 1 rings (SSSR count). The highest BCUT2D eigenvalue weighted by molar-refractivity contribution is 5.86. The van der Waals surface area contributed by atoms with Gasteiger partial charge in [0.05, 0.1) is 5.92 Å². The second-order valence-corrected chi connectivity index (χ2v) is 3.08. The lowest BCUT2D eigenvalue weighted by Crippen LogP contribution is -2.26. The predicted molar refractivity (Wildman–Crippen MR) is 44.7 cm³/mol. The quantitative estimate of drug-likeness (QED) is 0.682. The summed E-state index contributed by atoms with van der Waals surface area (Å²) in [6, 6.07) is 0. The second kappa shape index (κ2) is 3.56. The van der Waals surface area contributed by atoms with E-state index in [1.165, 1.54) is 0 Å². The molecule has 12 heavy (non-hydrogen) atoms. The summed E-state index contributed by atoms with van der Waals surface area (Å²) in [4.78, 5) is 23.3. The Hall–Kier alpha value is -1.06. The van der Waals surface area contributed by atoms with Crippen LogP contribution in [0.15, 0.2) is 0 Å². The van der Waals surface area contributed by atoms with Gasteiger partial charge in [-0.15, -0.1) is 0 Å². The molecule has 0 spiro atoms. The smallest absolute Gasteiger partial charge is 0.308 e. The van der Waals surface area contributed by atoms with Crippen LogP contribution in [0.2, 0.25) is 0 Å². The average molecular weight is 175 g/mol. The van der Waals surface area contributed by atoms with Crippen molar-refractivity contribution in [2.75, 3.05) is 13.1 Å². The van der Waals surface area contributed by atoms with Crippen molar-refractivity contribution >= 4 is 11.9 Å². The molecule has 1 unspecified atom stereocenters. The molecule has 1 N–H and O–H groups in total. The van der Waals surface area contributed by atoms with Crippen LogP contribution in [0.4, 0.5) is 0 Å². The van der Waals surface area contributed by atoms with E-state index in [0.29, 0.717) is 13.1 Å². The minimum absolute atomic E-state index is 0.0238. The van der Waals surface area contributed by atoms with Gasteiger partial charge >= 0.3 is 5.97 Å². The lowest BCUT2D eigenvalue weighted by atomic mass is 10.1. The minimum Gasteiger partial charge on any atom is -0.481 e. The summed E-state index contributed by atoms with van der Waals surface area (Å²) in [6.45, 7) is 3.05. The normalized spacial score (nSPS) is 23.9. The van der Waals surface area contributed by atoms with Crippen LogP contribution in [0.25, 0.3) is 0 Å². The Bertz CT molecular complexity index is 211. The Morgan fingerprint density at radius 3 is 3.00 bits per heavy atom. The van der Waals surface area contributed by atoms with Gasteiger partial charge < -0.3 is 10.0 Å². The van der Waals surface area contributed by atoms with Gasteiger partial charge in [-0.05, 0) is 6.42 Å². The maximum atomic E-state index is 11.1. The molecule has 0 aromatic heterocycles. The maximum Gasteiger partial charge on any atom is 0.308 e. The first kappa shape index (κ1) is 7.58. The molecule has 0 saturated carbocycles. The van der Waals surface area contributed by atoms with Crippen molar-refractivity contribution in [3.8, 4) is 0 Å². The van der Waals surface area contributed by atoms with E-state index in [2.05, 4.69) is 0 Å². The molecule has 0 aromatic carbocycles. The number of nitrogens with zero attached hydrogens (tertiary/aromatic N) is 1. The standard InChI is InChI=1S/C8H13NO3.H2/c1-2-3-9-5-6(8(11)12)4-7(9)10;/h6H,2-5H2,1H3,(H,11,12);1H/i;1+1D. The molecule has 1 heterocycles. The number of aliphatic carboxylic acids is 1. The van der Waals surface area contributed by atoms with Gasteiger partial charge in [0.15, 0.2) is 0 Å². The van der Waals surface area contributed by atoms with Crippen LogP contribution in [-0.4, -0.2) is 35.0 Å². The molecule has 1 saturated heterocycles. The molecule has 1 aliphatic rings. The van der Waals surface area contributed by atoms with Crippen molar-refractivity contribution in [2.45, 2.75) is 19.8 Å². The zero-order chi connectivity index (χ0) is 11.1. The van der Waals surface area contributed by atoms with Crippen molar-refractivity contribution < 1.29 is 17.7 Å². The van der Waals surface area contributed by atoms with Gasteiger partial charge in [0.2, 0.25) is 5.91 Å². The Labute approximate surface area is 74.3 Å². The summed E-state index contributed by atoms with van der Waals surface area (Å²) < 4.78 is 10.0. The maximum absolute atomic E-state index is 11.1. The summed E-state index contributed by atoms with van der Waals surface area (Å²) in [5, 5.41) is 8.64. The van der Waals surface area contributed by atoms with Crippen molar-refractivity contribution in [1.29, 1.82) is 0 Å². The Morgan fingerprint density at radius 1 is 1.92 bits per heavy atom. The van der Waals surface area contributed by atoms with Gasteiger partial charge in [0.1, 0.15) is 0 Å². The van der Waals surface area contributed by atoms with Crippen LogP contribution in [0.3, 0.4) is 0 Å². The third-order valence-electron chi connectivity index (χ3n) is 2.06. The van der Waals surface area contributed by atoms with E-state index in [-0.39, 0.29) is 12.3 Å². The van der Waals surface area contributed by atoms with E-state index in [1.54, 1.807) is 4.90 Å². The molecule has 1 fully saturated rings. The van der Waals surface area contributed by atoms with Crippen molar-refractivity contribution in [3.63, 3.8) is 0 Å². The molecule has 1 atom stereocenters. The van der Waals surface area contributed by atoms with E-state index in [4.69, 9.17) is 8.08 Å². The molecule has 4 nitrogen and oxygen atoms in total. The van der Waals surface area contributed by atoms with E-state index in [1.807, 2.05) is 6.92 Å². The summed E-state index contributed by atoms with van der Waals surface area (Å²) >= 11 is 0. The molecule has 70 valence electrons. The third kappa shape index (κ3) is 1.75. The van der Waals surface area contributed by atoms with Crippen molar-refractivity contribution in [1.82, 2.24) is 4.90 Å². The Kier molecular flexibility index (Phi) is 2.25. The number of carboxylic acid groups (broad SMARTS) is 1. The molecular weight excluding hydrogens is 158 g/mol. The Morgan fingerprint density at radius 2 is 2.58 bits per heavy atom. The van der Waals surface area contributed by atoms with E-state index in [9.17, 15) is 9.59 Å².